The van der Waals surface area contributed by atoms with Gasteiger partial charge in [0.1, 0.15) is 0 Å². The van der Waals surface area contributed by atoms with Gasteiger partial charge < -0.3 is 0 Å². The second-order valence-electron chi connectivity index (χ2n) is 5.89. The van der Waals surface area contributed by atoms with E-state index >= 15 is 0 Å². The molecule has 36 heavy (non-hydrogen) atoms. The van der Waals surface area contributed by atoms with E-state index in [4.69, 9.17) is 0 Å². The summed E-state index contributed by atoms with van der Waals surface area (Å²) >= 11 is 0. The van der Waals surface area contributed by atoms with E-state index in [1.165, 1.54) is 0 Å². The van der Waals surface area contributed by atoms with Crippen molar-refractivity contribution in [2.75, 3.05) is 0 Å². The molecular weight excluding hydrogens is 432 g/mol. The van der Waals surface area contributed by atoms with Crippen LogP contribution >= 0.6 is 0 Å². The number of allylic oxidation sites excluding steroid dienone is 16. The predicted octanol–water partition coefficient (Wildman–Crippen LogP) is 12.2. The largest absolute Gasteiger partial charge is 0.0990 e. The smallest absolute Gasteiger partial charge is 0.00269 e. The number of benzene rings is 1. The van der Waals surface area contributed by atoms with Gasteiger partial charge in [0.05, 0.1) is 0 Å². The van der Waals surface area contributed by atoms with Crippen LogP contribution in [0.3, 0.4) is 0 Å². The van der Waals surface area contributed by atoms with Crippen LogP contribution < -0.4 is 0 Å². The SMILES string of the molecule is C=C/C=C(C=C)/C(=C(C(/C=C\C)=C/C=C)\c1ccccc1)C(/C=C\C)=C/C=C.CC.CC.CC.CC. The summed E-state index contributed by atoms with van der Waals surface area (Å²) in [4.78, 5) is 0. The molecule has 0 nitrogen and oxygen atoms in total. The van der Waals surface area contributed by atoms with Crippen LogP contribution in [-0.2, 0) is 0 Å². The van der Waals surface area contributed by atoms with Crippen LogP contribution in [-0.4, -0.2) is 0 Å². The Morgan fingerprint density at radius 2 is 0.944 bits per heavy atom. The van der Waals surface area contributed by atoms with Crippen molar-refractivity contribution < 1.29 is 0 Å². The van der Waals surface area contributed by atoms with E-state index in [0.717, 1.165) is 33.4 Å². The standard InChI is InChI=1S/C28H30.4C2H6/c1-7-16-23(12-6)27(24(17-8-2)18-9-3)28(25(19-10-4)20-11-5)26-21-14-13-15-22-26;4*1-2/h7-22H,1-2,4,6H2,3,5H3;4*1-2H3/b18-9-,20-11-,23-16+,24-17+,25-19+,28-27+;;;;. The van der Waals surface area contributed by atoms with E-state index in [0.29, 0.717) is 0 Å². The zero-order valence-electron chi connectivity index (χ0n) is 25.1. The molecule has 0 amide bonds. The van der Waals surface area contributed by atoms with Gasteiger partial charge in [-0.25, -0.2) is 0 Å². The van der Waals surface area contributed by atoms with E-state index in [-0.39, 0.29) is 0 Å². The molecule has 0 unspecified atom stereocenters. The molecule has 0 aliphatic rings. The molecular formula is C36H54. The lowest BCUT2D eigenvalue weighted by Gasteiger charge is -2.20. The molecule has 0 aliphatic carbocycles. The molecule has 0 aliphatic heterocycles. The molecule has 1 rings (SSSR count). The van der Waals surface area contributed by atoms with Gasteiger partial charge in [0, 0.05) is 0 Å². The Morgan fingerprint density at radius 1 is 0.556 bits per heavy atom. The van der Waals surface area contributed by atoms with Gasteiger partial charge in [-0.3, -0.25) is 0 Å². The van der Waals surface area contributed by atoms with E-state index < -0.39 is 0 Å². The molecule has 0 heteroatoms. The second-order valence-corrected chi connectivity index (χ2v) is 5.89. The summed E-state index contributed by atoms with van der Waals surface area (Å²) in [5.41, 5.74) is 6.36. The summed E-state index contributed by atoms with van der Waals surface area (Å²) < 4.78 is 0. The summed E-state index contributed by atoms with van der Waals surface area (Å²) in [5.74, 6) is 0. The van der Waals surface area contributed by atoms with Crippen molar-refractivity contribution in [2.24, 2.45) is 0 Å². The minimum Gasteiger partial charge on any atom is -0.0990 e. The Balaban J connectivity index is -0.000000579. The van der Waals surface area contributed by atoms with Crippen molar-refractivity contribution >= 4 is 5.57 Å². The first-order valence-electron chi connectivity index (χ1n) is 13.3. The Morgan fingerprint density at radius 3 is 1.33 bits per heavy atom. The van der Waals surface area contributed by atoms with E-state index in [9.17, 15) is 0 Å². The van der Waals surface area contributed by atoms with Gasteiger partial charge in [0.15, 0.2) is 0 Å². The minimum absolute atomic E-state index is 0.986. The second kappa shape index (κ2) is 31.6. The van der Waals surface area contributed by atoms with Gasteiger partial charge in [-0.05, 0) is 47.3 Å². The number of hydrogen-bond acceptors (Lipinski definition) is 0. The third kappa shape index (κ3) is 15.5. The van der Waals surface area contributed by atoms with E-state index in [2.05, 4.69) is 50.6 Å². The Bertz CT molecular complexity index is 875. The van der Waals surface area contributed by atoms with Gasteiger partial charge in [-0.2, -0.15) is 0 Å². The third-order valence-electron chi connectivity index (χ3n) is 3.98. The van der Waals surface area contributed by atoms with Crippen molar-refractivity contribution in [3.05, 3.63) is 151 Å². The molecule has 0 N–H and O–H groups in total. The van der Waals surface area contributed by atoms with Gasteiger partial charge in [-0.15, -0.1) is 0 Å². The van der Waals surface area contributed by atoms with Crippen molar-refractivity contribution in [2.45, 2.75) is 69.2 Å². The molecule has 0 spiro atoms. The minimum atomic E-state index is 0.986. The van der Waals surface area contributed by atoms with Crippen LogP contribution in [0.4, 0.5) is 0 Å². The first-order chi connectivity index (χ1) is 17.7. The quantitative estimate of drug-likeness (QED) is 0.288. The molecule has 1 aromatic rings. The topological polar surface area (TPSA) is 0 Å². The van der Waals surface area contributed by atoms with E-state index in [1.807, 2.05) is 130 Å². The highest BCUT2D eigenvalue weighted by molar-refractivity contribution is 5.90. The lowest BCUT2D eigenvalue weighted by molar-refractivity contribution is 1.42. The van der Waals surface area contributed by atoms with Crippen molar-refractivity contribution in [1.82, 2.24) is 0 Å². The normalized spacial score (nSPS) is 11.7. The summed E-state index contributed by atoms with van der Waals surface area (Å²) in [6.45, 7) is 35.8. The van der Waals surface area contributed by atoms with Crippen LogP contribution in [0.5, 0.6) is 0 Å². The predicted molar refractivity (Wildman–Crippen MR) is 173 cm³/mol. The van der Waals surface area contributed by atoms with Crippen LogP contribution in [0.2, 0.25) is 0 Å². The fourth-order valence-corrected chi connectivity index (χ4v) is 2.95. The van der Waals surface area contributed by atoms with Gasteiger partial charge in [0.25, 0.3) is 0 Å². The van der Waals surface area contributed by atoms with Crippen LogP contribution in [0.15, 0.2) is 146 Å². The monoisotopic (exact) mass is 486 g/mol. The lowest BCUT2D eigenvalue weighted by Crippen LogP contribution is -2.00. The maximum Gasteiger partial charge on any atom is -0.00269 e. The van der Waals surface area contributed by atoms with E-state index in [1.54, 1.807) is 12.2 Å². The van der Waals surface area contributed by atoms with Crippen molar-refractivity contribution in [3.63, 3.8) is 0 Å². The maximum atomic E-state index is 4.05. The van der Waals surface area contributed by atoms with Crippen LogP contribution in [0.1, 0.15) is 74.8 Å². The molecule has 0 fully saturated rings. The number of hydrogen-bond donors (Lipinski definition) is 0. The van der Waals surface area contributed by atoms with Crippen molar-refractivity contribution in [1.29, 1.82) is 0 Å². The number of rotatable bonds is 10. The average Bonchev–Trinajstić information content (AvgIpc) is 2.95. The molecule has 198 valence electrons. The first-order valence-corrected chi connectivity index (χ1v) is 13.3. The fraction of sp³-hybridized carbons (Fsp3) is 0.278. The summed E-state index contributed by atoms with van der Waals surface area (Å²) in [6, 6.07) is 10.3. The Labute approximate surface area is 226 Å². The molecule has 1 aromatic carbocycles. The first kappa shape index (κ1) is 39.8. The van der Waals surface area contributed by atoms with Crippen molar-refractivity contribution in [3.8, 4) is 0 Å². The average molecular weight is 487 g/mol. The molecule has 0 radical (unpaired) electrons. The molecule has 0 saturated heterocycles. The highest BCUT2D eigenvalue weighted by atomic mass is 14.2. The third-order valence-corrected chi connectivity index (χ3v) is 3.98. The zero-order chi connectivity index (χ0) is 28.8. The van der Waals surface area contributed by atoms with Crippen LogP contribution in [0.25, 0.3) is 5.57 Å². The summed E-state index contributed by atoms with van der Waals surface area (Å²) in [6.07, 6.45) is 21.5. The van der Waals surface area contributed by atoms with Crippen LogP contribution in [0, 0.1) is 0 Å². The van der Waals surface area contributed by atoms with Gasteiger partial charge in [-0.1, -0.05) is 179 Å². The summed E-state index contributed by atoms with van der Waals surface area (Å²) in [7, 11) is 0. The highest BCUT2D eigenvalue weighted by Gasteiger charge is 2.17. The Hall–Kier alpha value is -3.38. The maximum absolute atomic E-state index is 4.05. The molecule has 0 heterocycles. The highest BCUT2D eigenvalue weighted by Crippen LogP contribution is 2.36. The fourth-order valence-electron chi connectivity index (χ4n) is 2.95. The molecule has 0 saturated carbocycles. The Kier molecular flexibility index (Phi) is 35.0. The van der Waals surface area contributed by atoms with Gasteiger partial charge >= 0.3 is 0 Å². The summed E-state index contributed by atoms with van der Waals surface area (Å²) in [5, 5.41) is 0. The molecule has 0 atom stereocenters. The van der Waals surface area contributed by atoms with Gasteiger partial charge in [0.2, 0.25) is 0 Å². The molecule has 0 bridgehead atoms. The molecule has 0 aromatic heterocycles. The lowest BCUT2D eigenvalue weighted by atomic mass is 9.84. The zero-order valence-corrected chi connectivity index (χ0v) is 25.1.